The lowest BCUT2D eigenvalue weighted by molar-refractivity contribution is -0.153. The highest BCUT2D eigenvalue weighted by Gasteiger charge is 2.64. The summed E-state index contributed by atoms with van der Waals surface area (Å²) in [7, 11) is 3.09. The number of nitrogens with zero attached hydrogens (tertiary/aromatic N) is 2. The number of benzene rings is 1. The molecule has 2 aromatic rings. The Balaban J connectivity index is 1.68. The Hall–Kier alpha value is -4.55. The number of fused-ring (bicyclic) bond motifs is 3. The Morgan fingerprint density at radius 3 is 2.43 bits per heavy atom. The van der Waals surface area contributed by atoms with E-state index in [0.717, 1.165) is 0 Å². The van der Waals surface area contributed by atoms with Crippen molar-refractivity contribution < 1.29 is 39.6 Å². The molecule has 7 N–H and O–H groups in total. The van der Waals surface area contributed by atoms with Crippen LogP contribution in [0.2, 0.25) is 0 Å². The molecular formula is C32H36N4O8. The van der Waals surface area contributed by atoms with Gasteiger partial charge in [-0.1, -0.05) is 20.8 Å². The molecule has 232 valence electrons. The first-order valence-electron chi connectivity index (χ1n) is 14.2. The number of hydrogen-bond acceptors (Lipinski definition) is 10. The molecule has 5 rings (SSSR count). The average Bonchev–Trinajstić information content (AvgIpc) is 2.93. The van der Waals surface area contributed by atoms with Crippen molar-refractivity contribution in [1.29, 1.82) is 0 Å². The van der Waals surface area contributed by atoms with E-state index in [2.05, 4.69) is 10.3 Å². The number of aliphatic hydroxyl groups is 3. The summed E-state index contributed by atoms with van der Waals surface area (Å²) < 4.78 is 0. The number of aromatic hydroxyl groups is 1. The predicted molar refractivity (Wildman–Crippen MR) is 158 cm³/mol. The summed E-state index contributed by atoms with van der Waals surface area (Å²) in [6.07, 6.45) is 3.06. The summed E-state index contributed by atoms with van der Waals surface area (Å²) in [5.74, 6) is -7.46. The van der Waals surface area contributed by atoms with Gasteiger partial charge in [0.1, 0.15) is 22.8 Å². The number of Topliss-reactive ketones (excluding diaryl/α,β-unsaturated/α-hetero) is 2. The number of phenols is 1. The highest BCUT2D eigenvalue weighted by Crippen LogP contribution is 2.54. The maximum Gasteiger partial charge on any atom is 0.255 e. The molecule has 1 saturated carbocycles. The van der Waals surface area contributed by atoms with E-state index in [-0.39, 0.29) is 42.2 Å². The van der Waals surface area contributed by atoms with Crippen molar-refractivity contribution in [2.24, 2.45) is 17.6 Å². The molecule has 0 spiro atoms. The van der Waals surface area contributed by atoms with Crippen LogP contribution < -0.4 is 11.1 Å². The van der Waals surface area contributed by atoms with Crippen LogP contribution in [0.4, 0.5) is 0 Å². The van der Waals surface area contributed by atoms with Gasteiger partial charge in [0.25, 0.3) is 11.8 Å². The first kappa shape index (κ1) is 30.9. The van der Waals surface area contributed by atoms with Crippen LogP contribution in [-0.4, -0.2) is 79.4 Å². The lowest BCUT2D eigenvalue weighted by Crippen LogP contribution is -2.65. The molecule has 12 nitrogen and oxygen atoms in total. The first-order chi connectivity index (χ1) is 20.5. The maximum absolute atomic E-state index is 14.2. The molecule has 1 fully saturated rings. The van der Waals surface area contributed by atoms with Crippen molar-refractivity contribution in [3.05, 3.63) is 75.3 Å². The molecule has 3 aliphatic carbocycles. The van der Waals surface area contributed by atoms with E-state index in [1.165, 1.54) is 11.1 Å². The van der Waals surface area contributed by atoms with Crippen LogP contribution in [-0.2, 0) is 32.8 Å². The molecule has 44 heavy (non-hydrogen) atoms. The Bertz CT molecular complexity index is 1670. The minimum atomic E-state index is -2.72. The summed E-state index contributed by atoms with van der Waals surface area (Å²) in [5.41, 5.74) is 2.82. The van der Waals surface area contributed by atoms with Crippen molar-refractivity contribution in [2.45, 2.75) is 57.2 Å². The quantitative estimate of drug-likeness (QED) is 0.272. The zero-order valence-corrected chi connectivity index (χ0v) is 25.1. The first-order valence-corrected chi connectivity index (χ1v) is 14.2. The number of aromatic nitrogens is 1. The van der Waals surface area contributed by atoms with Gasteiger partial charge in [-0.2, -0.15) is 0 Å². The standard InChI is InChI=1S/C32H36N4O8/c1-31(2,3)19-11-16(13-35-30(43)14-7-6-8-34-12-14)17-9-15-10-18-23(36(4)5)26(39)22(29(33)42)28(41)32(18,44)27(40)20(15)25(38)21(17)24(19)37/h6-8,11-12,15,18,23,37-38,41,44H,9-10,13H2,1-5H3,(H2,33,42)(H,35,43)/t15-,18-,23-,32-/m0/s1. The van der Waals surface area contributed by atoms with Gasteiger partial charge in [0.05, 0.1) is 17.2 Å². The molecule has 3 aliphatic rings. The van der Waals surface area contributed by atoms with Crippen molar-refractivity contribution in [3.63, 3.8) is 0 Å². The fourth-order valence-electron chi connectivity index (χ4n) is 6.89. The number of likely N-dealkylation sites (N-methyl/N-ethyl adjacent to an activating group) is 1. The van der Waals surface area contributed by atoms with Gasteiger partial charge in [-0.05, 0) is 67.6 Å². The smallest absolute Gasteiger partial charge is 0.255 e. The number of aliphatic hydroxyl groups excluding tert-OH is 2. The second kappa shape index (κ2) is 10.6. The van der Waals surface area contributed by atoms with Gasteiger partial charge in [0.2, 0.25) is 5.78 Å². The molecule has 12 heteroatoms. The number of hydrogen-bond donors (Lipinski definition) is 6. The van der Waals surface area contributed by atoms with Gasteiger partial charge in [0.15, 0.2) is 11.4 Å². The minimum Gasteiger partial charge on any atom is -0.508 e. The maximum atomic E-state index is 14.2. The number of rotatable bonds is 5. The molecule has 1 aromatic carbocycles. The lowest BCUT2D eigenvalue weighted by Gasteiger charge is -2.50. The summed E-state index contributed by atoms with van der Waals surface area (Å²) in [4.78, 5) is 58.0. The van der Waals surface area contributed by atoms with E-state index in [1.54, 1.807) is 38.5 Å². The fourth-order valence-corrected chi connectivity index (χ4v) is 6.89. The number of carbonyl (C=O) groups is 4. The summed E-state index contributed by atoms with van der Waals surface area (Å²) in [6, 6.07) is 3.83. The summed E-state index contributed by atoms with van der Waals surface area (Å²) in [6.45, 7) is 5.60. The van der Waals surface area contributed by atoms with Gasteiger partial charge in [-0.3, -0.25) is 29.1 Å². The predicted octanol–water partition coefficient (Wildman–Crippen LogP) is 1.59. The number of nitrogens with two attached hydrogens (primary N) is 1. The molecule has 4 atom stereocenters. The number of carbonyl (C=O) groups excluding carboxylic acids is 4. The zero-order valence-electron chi connectivity index (χ0n) is 25.1. The minimum absolute atomic E-state index is 0.0145. The third kappa shape index (κ3) is 4.56. The van der Waals surface area contributed by atoms with Crippen molar-refractivity contribution in [2.75, 3.05) is 14.1 Å². The van der Waals surface area contributed by atoms with Crippen LogP contribution >= 0.6 is 0 Å². The SMILES string of the molecule is CN(C)[C@@H]1C(=O)C(C(N)=O)=C(O)[C@@]2(O)C(=O)C3=C(O)c4c(O)c(C(C)(C)C)cc(CNC(=O)c5cccnc5)c4C[C@H]3C[C@@H]12. The van der Waals surface area contributed by atoms with E-state index in [9.17, 15) is 39.6 Å². The van der Waals surface area contributed by atoms with Crippen LogP contribution in [0.3, 0.4) is 0 Å². The number of phenolic OH excluding ortho intramolecular Hbond substituents is 1. The Morgan fingerprint density at radius 2 is 1.86 bits per heavy atom. The second-order valence-corrected chi connectivity index (χ2v) is 12.9. The van der Waals surface area contributed by atoms with E-state index < -0.39 is 63.5 Å². The molecule has 1 heterocycles. The highest BCUT2D eigenvalue weighted by molar-refractivity contribution is 6.24. The van der Waals surface area contributed by atoms with Gasteiger partial charge in [-0.15, -0.1) is 0 Å². The third-order valence-electron chi connectivity index (χ3n) is 8.98. The second-order valence-electron chi connectivity index (χ2n) is 12.9. The topological polar surface area (TPSA) is 203 Å². The molecule has 0 bridgehead atoms. The Labute approximate surface area is 253 Å². The van der Waals surface area contributed by atoms with E-state index in [0.29, 0.717) is 22.3 Å². The molecule has 0 radical (unpaired) electrons. The molecule has 0 unspecified atom stereocenters. The summed E-state index contributed by atoms with van der Waals surface area (Å²) >= 11 is 0. The molecule has 0 saturated heterocycles. The van der Waals surface area contributed by atoms with Crippen LogP contribution in [0, 0.1) is 11.8 Å². The monoisotopic (exact) mass is 604 g/mol. The van der Waals surface area contributed by atoms with Gasteiger partial charge < -0.3 is 31.5 Å². The van der Waals surface area contributed by atoms with Crippen molar-refractivity contribution in [1.82, 2.24) is 15.2 Å². The highest BCUT2D eigenvalue weighted by atomic mass is 16.3. The zero-order chi connectivity index (χ0) is 32.5. The van der Waals surface area contributed by atoms with Crippen LogP contribution in [0.15, 0.2) is 47.5 Å². The number of nitrogens with one attached hydrogen (secondary N) is 1. The van der Waals surface area contributed by atoms with Crippen molar-refractivity contribution in [3.8, 4) is 5.75 Å². The molecule has 2 amide bonds. The molecule has 0 aliphatic heterocycles. The Kier molecular flexibility index (Phi) is 7.42. The van der Waals surface area contributed by atoms with Gasteiger partial charge in [-0.25, -0.2) is 0 Å². The number of pyridine rings is 1. The normalized spacial score (nSPS) is 25.0. The van der Waals surface area contributed by atoms with Crippen LogP contribution in [0.1, 0.15) is 59.8 Å². The number of amides is 2. The number of primary amides is 1. The largest absolute Gasteiger partial charge is 0.508 e. The van der Waals surface area contributed by atoms with Gasteiger partial charge in [0, 0.05) is 36.0 Å². The van der Waals surface area contributed by atoms with E-state index in [1.807, 2.05) is 20.8 Å². The molecular weight excluding hydrogens is 568 g/mol. The number of ketones is 2. The van der Waals surface area contributed by atoms with Crippen LogP contribution in [0.5, 0.6) is 5.75 Å². The van der Waals surface area contributed by atoms with E-state index in [4.69, 9.17) is 5.73 Å². The average molecular weight is 605 g/mol. The Morgan fingerprint density at radius 1 is 1.18 bits per heavy atom. The lowest BCUT2D eigenvalue weighted by atomic mass is 9.57. The van der Waals surface area contributed by atoms with E-state index >= 15 is 0 Å². The van der Waals surface area contributed by atoms with Crippen LogP contribution in [0.25, 0.3) is 5.76 Å². The third-order valence-corrected chi connectivity index (χ3v) is 8.98. The molecule has 1 aromatic heterocycles. The summed E-state index contributed by atoms with van der Waals surface area (Å²) in [5, 5.41) is 48.9. The van der Waals surface area contributed by atoms with Gasteiger partial charge >= 0.3 is 0 Å². The fraction of sp³-hybridized carbons (Fsp3) is 0.406. The van der Waals surface area contributed by atoms with Crippen molar-refractivity contribution >= 4 is 29.1 Å².